The van der Waals surface area contributed by atoms with Crippen LogP contribution in [0.1, 0.15) is 28.4 Å². The van der Waals surface area contributed by atoms with Crippen molar-refractivity contribution in [3.05, 3.63) is 29.3 Å². The van der Waals surface area contributed by atoms with Gasteiger partial charge in [-0.3, -0.25) is 4.79 Å². The van der Waals surface area contributed by atoms with Crippen LogP contribution in [0.15, 0.2) is 12.3 Å². The van der Waals surface area contributed by atoms with Crippen LogP contribution in [-0.2, 0) is 0 Å². The number of Topliss-reactive ketones (excluding diaryl/α,β-unsaturated/α-hetero) is 1. The van der Waals surface area contributed by atoms with Gasteiger partial charge in [0, 0.05) is 23.7 Å². The number of carbonyl (C=O) groups is 1. The molecule has 0 saturated heterocycles. The summed E-state index contributed by atoms with van der Waals surface area (Å²) >= 11 is 0. The Labute approximate surface area is 67.9 Å². The van der Waals surface area contributed by atoms with Crippen molar-refractivity contribution in [2.45, 2.75) is 12.5 Å². The maximum Gasteiger partial charge on any atom is 0.219 e. The van der Waals surface area contributed by atoms with Crippen molar-refractivity contribution in [3.8, 4) is 0 Å². The summed E-state index contributed by atoms with van der Waals surface area (Å²) in [5.41, 5.74) is 0.303. The molecule has 0 aliphatic heterocycles. The molecule has 0 aromatic carbocycles. The molecule has 1 aliphatic carbocycles. The number of rotatable bonds is 0. The molecule has 2 rings (SSSR count). The Hall–Kier alpha value is -1.29. The zero-order valence-electron chi connectivity index (χ0n) is 6.12. The van der Waals surface area contributed by atoms with Crippen LogP contribution in [0.5, 0.6) is 0 Å². The van der Waals surface area contributed by atoms with Gasteiger partial charge in [0.15, 0.2) is 5.78 Å². The molecule has 0 radical (unpaired) electrons. The van der Waals surface area contributed by atoms with E-state index in [9.17, 15) is 14.3 Å². The summed E-state index contributed by atoms with van der Waals surface area (Å²) < 4.78 is 12.9. The monoisotopic (exact) mass is 167 g/mol. The van der Waals surface area contributed by atoms with E-state index in [1.807, 2.05) is 0 Å². The van der Waals surface area contributed by atoms with Crippen molar-refractivity contribution in [2.75, 3.05) is 0 Å². The summed E-state index contributed by atoms with van der Waals surface area (Å²) in [5, 5.41) is 9.23. The first kappa shape index (κ1) is 7.36. The van der Waals surface area contributed by atoms with Crippen molar-refractivity contribution in [1.82, 2.24) is 4.98 Å². The molecule has 0 saturated carbocycles. The molecule has 62 valence electrons. The van der Waals surface area contributed by atoms with Gasteiger partial charge < -0.3 is 5.11 Å². The number of nitrogens with zero attached hydrogens (tertiary/aromatic N) is 1. The highest BCUT2D eigenvalue weighted by molar-refractivity contribution is 6.00. The van der Waals surface area contributed by atoms with Gasteiger partial charge in [-0.1, -0.05) is 0 Å². The first-order valence-corrected chi connectivity index (χ1v) is 3.56. The largest absolute Gasteiger partial charge is 0.388 e. The number of aromatic nitrogens is 1. The highest BCUT2D eigenvalue weighted by Gasteiger charge is 2.30. The van der Waals surface area contributed by atoms with Gasteiger partial charge in [0.25, 0.3) is 0 Å². The van der Waals surface area contributed by atoms with Crippen LogP contribution in [0.3, 0.4) is 0 Å². The third-order valence-electron chi connectivity index (χ3n) is 1.95. The van der Waals surface area contributed by atoms with E-state index in [0.29, 0.717) is 0 Å². The topological polar surface area (TPSA) is 50.2 Å². The molecule has 12 heavy (non-hydrogen) atoms. The second kappa shape index (κ2) is 2.35. The summed E-state index contributed by atoms with van der Waals surface area (Å²) in [6.45, 7) is 0. The number of hydrogen-bond acceptors (Lipinski definition) is 3. The third kappa shape index (κ3) is 0.848. The molecule has 0 amide bonds. The van der Waals surface area contributed by atoms with Crippen LogP contribution in [0.25, 0.3) is 0 Å². The quantitative estimate of drug-likeness (QED) is 0.582. The minimum atomic E-state index is -1.01. The molecule has 1 atom stereocenters. The normalized spacial score (nSPS) is 21.2. The van der Waals surface area contributed by atoms with Crippen molar-refractivity contribution in [2.24, 2.45) is 0 Å². The predicted molar refractivity (Wildman–Crippen MR) is 38.1 cm³/mol. The summed E-state index contributed by atoms with van der Waals surface area (Å²) in [6.07, 6.45) is 0.184. The SMILES string of the molecule is O=C1CC(O)c2c1ccnc2F. The van der Waals surface area contributed by atoms with Gasteiger partial charge in [-0.25, -0.2) is 4.98 Å². The van der Waals surface area contributed by atoms with Crippen LogP contribution >= 0.6 is 0 Å². The van der Waals surface area contributed by atoms with Gasteiger partial charge in [-0.2, -0.15) is 4.39 Å². The number of fused-ring (bicyclic) bond motifs is 1. The maximum absolute atomic E-state index is 12.9. The highest BCUT2D eigenvalue weighted by atomic mass is 19.1. The number of halogens is 1. The van der Waals surface area contributed by atoms with Gasteiger partial charge in [-0.15, -0.1) is 0 Å². The Morgan fingerprint density at radius 2 is 2.42 bits per heavy atom. The molecule has 1 heterocycles. The van der Waals surface area contributed by atoms with E-state index in [1.54, 1.807) is 0 Å². The average molecular weight is 167 g/mol. The predicted octanol–water partition coefficient (Wildman–Crippen LogP) is 0.841. The van der Waals surface area contributed by atoms with Crippen LogP contribution in [0.4, 0.5) is 4.39 Å². The van der Waals surface area contributed by atoms with Crippen molar-refractivity contribution in [3.63, 3.8) is 0 Å². The van der Waals surface area contributed by atoms with Crippen LogP contribution in [0, 0.1) is 5.95 Å². The molecule has 0 bridgehead atoms. The Balaban J connectivity index is 2.67. The van der Waals surface area contributed by atoms with E-state index in [-0.39, 0.29) is 23.3 Å². The van der Waals surface area contributed by atoms with E-state index < -0.39 is 12.1 Å². The Morgan fingerprint density at radius 1 is 1.67 bits per heavy atom. The third-order valence-corrected chi connectivity index (χ3v) is 1.95. The molecule has 4 heteroatoms. The molecular formula is C8H6FNO2. The second-order valence-corrected chi connectivity index (χ2v) is 2.71. The molecule has 1 unspecified atom stereocenters. The van der Waals surface area contributed by atoms with Crippen LogP contribution < -0.4 is 0 Å². The van der Waals surface area contributed by atoms with Gasteiger partial charge in [0.05, 0.1) is 6.10 Å². The molecular weight excluding hydrogens is 161 g/mol. The first-order valence-electron chi connectivity index (χ1n) is 3.56. The lowest BCUT2D eigenvalue weighted by molar-refractivity contribution is 0.0928. The second-order valence-electron chi connectivity index (χ2n) is 2.71. The lowest BCUT2D eigenvalue weighted by atomic mass is 10.2. The summed E-state index contributed by atoms with van der Waals surface area (Å²) in [7, 11) is 0. The number of carbonyl (C=O) groups excluding carboxylic acids is 1. The lowest BCUT2D eigenvalue weighted by Gasteiger charge is -2.01. The van der Waals surface area contributed by atoms with E-state index in [1.165, 1.54) is 12.3 Å². The summed E-state index contributed by atoms with van der Waals surface area (Å²) in [4.78, 5) is 14.4. The van der Waals surface area contributed by atoms with Crippen molar-refractivity contribution < 1.29 is 14.3 Å². The number of hydrogen-bond donors (Lipinski definition) is 1. The Bertz CT molecular complexity index is 351. The number of aliphatic hydroxyl groups excluding tert-OH is 1. The van der Waals surface area contributed by atoms with Gasteiger partial charge >= 0.3 is 0 Å². The first-order chi connectivity index (χ1) is 5.70. The zero-order chi connectivity index (χ0) is 8.72. The van der Waals surface area contributed by atoms with Crippen LogP contribution in [-0.4, -0.2) is 15.9 Å². The maximum atomic E-state index is 12.9. The number of pyridine rings is 1. The highest BCUT2D eigenvalue weighted by Crippen LogP contribution is 2.31. The summed E-state index contributed by atoms with van der Waals surface area (Å²) in [5.74, 6) is -0.968. The number of aliphatic hydroxyl groups is 1. The van der Waals surface area contributed by atoms with Crippen LogP contribution in [0.2, 0.25) is 0 Å². The fourth-order valence-corrected chi connectivity index (χ4v) is 1.40. The molecule has 1 N–H and O–H groups in total. The van der Waals surface area contributed by atoms with Crippen molar-refractivity contribution in [1.29, 1.82) is 0 Å². The Morgan fingerprint density at radius 3 is 3.08 bits per heavy atom. The molecule has 1 aromatic rings. The molecule has 1 aromatic heterocycles. The van der Waals surface area contributed by atoms with Gasteiger partial charge in [0.2, 0.25) is 5.95 Å². The molecule has 0 spiro atoms. The van der Waals surface area contributed by atoms with E-state index in [0.717, 1.165) is 0 Å². The van der Waals surface area contributed by atoms with E-state index in [4.69, 9.17) is 0 Å². The molecule has 0 fully saturated rings. The Kier molecular flexibility index (Phi) is 1.44. The van der Waals surface area contributed by atoms with Gasteiger partial charge in [-0.05, 0) is 6.07 Å². The zero-order valence-corrected chi connectivity index (χ0v) is 6.12. The summed E-state index contributed by atoms with van der Waals surface area (Å²) in [6, 6.07) is 1.43. The minimum absolute atomic E-state index is 0.0298. The molecule has 3 nitrogen and oxygen atoms in total. The van der Waals surface area contributed by atoms with Gasteiger partial charge in [0.1, 0.15) is 0 Å². The van der Waals surface area contributed by atoms with E-state index >= 15 is 0 Å². The fraction of sp³-hybridized carbons (Fsp3) is 0.250. The lowest BCUT2D eigenvalue weighted by Crippen LogP contribution is -1.97. The van der Waals surface area contributed by atoms with E-state index in [2.05, 4.69) is 4.98 Å². The average Bonchev–Trinajstić information content (AvgIpc) is 2.29. The smallest absolute Gasteiger partial charge is 0.219 e. The number of ketones is 1. The van der Waals surface area contributed by atoms with Crippen molar-refractivity contribution >= 4 is 5.78 Å². The molecule has 1 aliphatic rings. The minimum Gasteiger partial charge on any atom is -0.388 e. The standard InChI is InChI=1S/C8H6FNO2/c9-8-7-4(1-2-10-8)5(11)3-6(7)12/h1-2,6,12H,3H2. The fourth-order valence-electron chi connectivity index (χ4n) is 1.40.